The highest BCUT2D eigenvalue weighted by Gasteiger charge is 2.14. The Morgan fingerprint density at radius 2 is 1.93 bits per heavy atom. The predicted octanol–water partition coefficient (Wildman–Crippen LogP) is 5.25. The Labute approximate surface area is 162 Å². The lowest BCUT2D eigenvalue weighted by Gasteiger charge is -2.11. The summed E-state index contributed by atoms with van der Waals surface area (Å²) in [5, 5.41) is 0. The maximum absolute atomic E-state index is 14.4. The van der Waals surface area contributed by atoms with Crippen LogP contribution in [0.5, 0.6) is 5.88 Å². The van der Waals surface area contributed by atoms with Gasteiger partial charge in [-0.3, -0.25) is 4.79 Å². The number of carbonyl (C=O) groups is 1. The first kappa shape index (κ1) is 21.2. The molecule has 0 spiro atoms. The summed E-state index contributed by atoms with van der Waals surface area (Å²) in [7, 11) is 0. The number of rotatable bonds is 9. The van der Waals surface area contributed by atoms with E-state index in [0.717, 1.165) is 11.8 Å². The summed E-state index contributed by atoms with van der Waals surface area (Å²) in [5.41, 5.74) is 0.778. The van der Waals surface area contributed by atoms with E-state index in [1.807, 2.05) is 13.8 Å². The molecular formula is C20H23F2NO3S. The van der Waals surface area contributed by atoms with Gasteiger partial charge in [-0.25, -0.2) is 13.8 Å². The molecule has 0 saturated heterocycles. The first-order valence-electron chi connectivity index (χ1n) is 8.82. The molecule has 0 atom stereocenters. The summed E-state index contributed by atoms with van der Waals surface area (Å²) in [6.07, 6.45) is 0.671. The van der Waals surface area contributed by atoms with Crippen molar-refractivity contribution in [2.45, 2.75) is 44.6 Å². The molecule has 0 aliphatic heterocycles. The van der Waals surface area contributed by atoms with Gasteiger partial charge < -0.3 is 9.47 Å². The first-order valence-corrected chi connectivity index (χ1v) is 9.80. The molecule has 0 saturated carbocycles. The highest BCUT2D eigenvalue weighted by Crippen LogP contribution is 2.31. The fourth-order valence-corrected chi connectivity index (χ4v) is 3.24. The van der Waals surface area contributed by atoms with E-state index in [9.17, 15) is 13.6 Å². The van der Waals surface area contributed by atoms with E-state index < -0.39 is 11.6 Å². The Morgan fingerprint density at radius 3 is 2.56 bits per heavy atom. The molecule has 0 unspecified atom stereocenters. The zero-order chi connectivity index (χ0) is 19.8. The minimum atomic E-state index is -0.650. The SMILES string of the molecule is CCOC(=O)CCCSc1c(F)cc(-c2cccc(OC(C)C)n2)cc1F. The monoisotopic (exact) mass is 395 g/mol. The van der Waals surface area contributed by atoms with E-state index in [0.29, 0.717) is 35.9 Å². The number of ether oxygens (including phenoxy) is 2. The van der Waals surface area contributed by atoms with Crippen molar-refractivity contribution in [2.24, 2.45) is 0 Å². The van der Waals surface area contributed by atoms with Gasteiger partial charge in [0.25, 0.3) is 0 Å². The second-order valence-electron chi connectivity index (χ2n) is 6.05. The minimum absolute atomic E-state index is 0.0467. The Balaban J connectivity index is 2.07. The third-order valence-electron chi connectivity index (χ3n) is 3.45. The quantitative estimate of drug-likeness (QED) is 0.330. The molecule has 0 fully saturated rings. The smallest absolute Gasteiger partial charge is 0.305 e. The Hall–Kier alpha value is -2.15. The molecule has 7 heteroatoms. The Kier molecular flexibility index (Phi) is 8.03. The highest BCUT2D eigenvalue weighted by molar-refractivity contribution is 7.99. The maximum atomic E-state index is 14.4. The summed E-state index contributed by atoms with van der Waals surface area (Å²) < 4.78 is 39.2. The molecule has 27 heavy (non-hydrogen) atoms. The summed E-state index contributed by atoms with van der Waals surface area (Å²) >= 11 is 1.05. The molecule has 0 aliphatic rings. The van der Waals surface area contributed by atoms with Crippen LogP contribution in [0, 0.1) is 11.6 Å². The van der Waals surface area contributed by atoms with Gasteiger partial charge in [-0.2, -0.15) is 0 Å². The van der Waals surface area contributed by atoms with Crippen LogP contribution < -0.4 is 4.74 Å². The van der Waals surface area contributed by atoms with Gasteiger partial charge in [0, 0.05) is 18.1 Å². The van der Waals surface area contributed by atoms with Crippen LogP contribution in [0.4, 0.5) is 8.78 Å². The molecule has 0 radical (unpaired) electrons. The fraction of sp³-hybridized carbons (Fsp3) is 0.400. The lowest BCUT2D eigenvalue weighted by atomic mass is 10.1. The van der Waals surface area contributed by atoms with Crippen LogP contribution in [0.1, 0.15) is 33.6 Å². The van der Waals surface area contributed by atoms with Crippen molar-refractivity contribution in [3.8, 4) is 17.1 Å². The largest absolute Gasteiger partial charge is 0.475 e. The second kappa shape index (κ2) is 10.3. The number of thioether (sulfide) groups is 1. The summed E-state index contributed by atoms with van der Waals surface area (Å²) in [6.45, 7) is 5.82. The molecule has 146 valence electrons. The third kappa shape index (κ3) is 6.50. The average Bonchev–Trinajstić information content (AvgIpc) is 2.60. The molecule has 0 aliphatic carbocycles. The van der Waals surface area contributed by atoms with E-state index in [2.05, 4.69) is 4.98 Å². The van der Waals surface area contributed by atoms with E-state index in [1.54, 1.807) is 25.1 Å². The molecule has 1 aromatic carbocycles. The van der Waals surface area contributed by atoms with Gasteiger partial charge in [0.05, 0.1) is 23.3 Å². The van der Waals surface area contributed by atoms with Gasteiger partial charge in [-0.05, 0) is 51.1 Å². The molecule has 2 rings (SSSR count). The number of esters is 1. The maximum Gasteiger partial charge on any atom is 0.305 e. The number of benzene rings is 1. The van der Waals surface area contributed by atoms with Crippen molar-refractivity contribution < 1.29 is 23.0 Å². The third-order valence-corrected chi connectivity index (χ3v) is 4.62. The van der Waals surface area contributed by atoms with Crippen molar-refractivity contribution >= 4 is 17.7 Å². The van der Waals surface area contributed by atoms with Crippen LogP contribution >= 0.6 is 11.8 Å². The number of halogens is 2. The molecule has 0 N–H and O–H groups in total. The van der Waals surface area contributed by atoms with Crippen molar-refractivity contribution in [1.29, 1.82) is 0 Å². The van der Waals surface area contributed by atoms with E-state index in [4.69, 9.17) is 9.47 Å². The molecule has 4 nitrogen and oxygen atoms in total. The molecule has 1 heterocycles. The van der Waals surface area contributed by atoms with Gasteiger partial charge >= 0.3 is 5.97 Å². The van der Waals surface area contributed by atoms with Crippen molar-refractivity contribution in [1.82, 2.24) is 4.98 Å². The van der Waals surface area contributed by atoms with E-state index >= 15 is 0 Å². The first-order chi connectivity index (χ1) is 12.9. The van der Waals surface area contributed by atoms with Crippen LogP contribution in [0.2, 0.25) is 0 Å². The number of nitrogens with zero attached hydrogens (tertiary/aromatic N) is 1. The van der Waals surface area contributed by atoms with Crippen LogP contribution in [0.3, 0.4) is 0 Å². The van der Waals surface area contributed by atoms with Crippen LogP contribution in [-0.2, 0) is 9.53 Å². The fourth-order valence-electron chi connectivity index (χ4n) is 2.35. The summed E-state index contributed by atoms with van der Waals surface area (Å²) in [4.78, 5) is 15.5. The van der Waals surface area contributed by atoms with Crippen molar-refractivity contribution in [3.05, 3.63) is 42.0 Å². The zero-order valence-corrected chi connectivity index (χ0v) is 16.4. The van der Waals surface area contributed by atoms with Crippen LogP contribution in [0.25, 0.3) is 11.3 Å². The highest BCUT2D eigenvalue weighted by atomic mass is 32.2. The molecule has 0 bridgehead atoms. The number of aromatic nitrogens is 1. The zero-order valence-electron chi connectivity index (χ0n) is 15.6. The van der Waals surface area contributed by atoms with E-state index in [1.165, 1.54) is 12.1 Å². The number of hydrogen-bond donors (Lipinski definition) is 0. The Bertz CT molecular complexity index is 761. The normalized spacial score (nSPS) is 10.9. The van der Waals surface area contributed by atoms with Gasteiger partial charge in [0.2, 0.25) is 5.88 Å². The standard InChI is InChI=1S/C20H23F2NO3S/c1-4-25-19(24)9-6-10-27-20-15(21)11-14(12-16(20)22)17-7-5-8-18(23-17)26-13(2)3/h5,7-8,11-13H,4,6,9-10H2,1-3H3. The van der Waals surface area contributed by atoms with Gasteiger partial charge in [-0.15, -0.1) is 11.8 Å². The topological polar surface area (TPSA) is 48.4 Å². The van der Waals surface area contributed by atoms with Gasteiger partial charge in [-0.1, -0.05) is 6.07 Å². The number of hydrogen-bond acceptors (Lipinski definition) is 5. The summed E-state index contributed by atoms with van der Waals surface area (Å²) in [6, 6.07) is 7.63. The number of pyridine rings is 1. The van der Waals surface area contributed by atoms with Crippen LogP contribution in [0.15, 0.2) is 35.2 Å². The molecule has 1 aromatic heterocycles. The van der Waals surface area contributed by atoms with Crippen LogP contribution in [-0.4, -0.2) is 29.4 Å². The van der Waals surface area contributed by atoms with Gasteiger partial charge in [0.1, 0.15) is 11.6 Å². The summed E-state index contributed by atoms with van der Waals surface area (Å²) in [5.74, 6) is -0.780. The lowest BCUT2D eigenvalue weighted by Crippen LogP contribution is -2.07. The molecule has 2 aromatic rings. The number of carbonyl (C=O) groups excluding carboxylic acids is 1. The molecular weight excluding hydrogens is 372 g/mol. The predicted molar refractivity (Wildman–Crippen MR) is 102 cm³/mol. The van der Waals surface area contributed by atoms with Crippen molar-refractivity contribution in [2.75, 3.05) is 12.4 Å². The average molecular weight is 395 g/mol. The van der Waals surface area contributed by atoms with Crippen molar-refractivity contribution in [3.63, 3.8) is 0 Å². The lowest BCUT2D eigenvalue weighted by molar-refractivity contribution is -0.143. The Morgan fingerprint density at radius 1 is 1.22 bits per heavy atom. The van der Waals surface area contributed by atoms with E-state index in [-0.39, 0.29) is 23.4 Å². The second-order valence-corrected chi connectivity index (χ2v) is 7.16. The molecule has 0 amide bonds. The van der Waals surface area contributed by atoms with Gasteiger partial charge in [0.15, 0.2) is 0 Å². The minimum Gasteiger partial charge on any atom is -0.475 e.